The molecule has 0 radical (unpaired) electrons. The Morgan fingerprint density at radius 1 is 0.873 bits per heavy atom. The van der Waals surface area contributed by atoms with Crippen LogP contribution in [0.25, 0.3) is 17.2 Å². The third kappa shape index (κ3) is 8.40. The maximum Gasteiger partial charge on any atom is 0.573 e. The van der Waals surface area contributed by atoms with Crippen molar-refractivity contribution in [2.24, 2.45) is 0 Å². The Morgan fingerprint density at radius 2 is 1.51 bits per heavy atom. The van der Waals surface area contributed by atoms with E-state index in [1.54, 1.807) is 20.8 Å². The molecule has 0 fully saturated rings. The molecule has 21 heteroatoms. The van der Waals surface area contributed by atoms with Gasteiger partial charge in [0, 0.05) is 16.8 Å². The third-order valence-electron chi connectivity index (χ3n) is 8.01. The second-order valence-electron chi connectivity index (χ2n) is 13.1. The van der Waals surface area contributed by atoms with Gasteiger partial charge in [0.25, 0.3) is 11.8 Å². The molecular weight excluding hydrogens is 766 g/mol. The number of carbonyl (C=O) groups excluding carboxylic acids is 2. The molecule has 0 saturated heterocycles. The highest BCUT2D eigenvalue weighted by molar-refractivity contribution is 6.30. The molecule has 1 N–H and O–H groups in total. The fourth-order valence-corrected chi connectivity index (χ4v) is 5.69. The summed E-state index contributed by atoms with van der Waals surface area (Å²) in [5.41, 5.74) is -1.84. The Morgan fingerprint density at radius 3 is 2.09 bits per heavy atom. The molecule has 5 aromatic rings. The average Bonchev–Trinajstić information content (AvgIpc) is 3.73. The molecule has 0 unspecified atom stereocenters. The van der Waals surface area contributed by atoms with Crippen LogP contribution in [0.5, 0.6) is 5.75 Å². The van der Waals surface area contributed by atoms with Crippen LogP contribution in [-0.4, -0.2) is 86.8 Å². The van der Waals surface area contributed by atoms with Gasteiger partial charge in [-0.15, -0.1) is 23.4 Å². The van der Waals surface area contributed by atoms with E-state index in [0.29, 0.717) is 9.25 Å². The van der Waals surface area contributed by atoms with Gasteiger partial charge in [0.2, 0.25) is 0 Å². The maximum atomic E-state index is 13.8. The second-order valence-corrected chi connectivity index (χ2v) is 13.5. The van der Waals surface area contributed by atoms with Gasteiger partial charge in [0.1, 0.15) is 12.6 Å². The molecule has 1 aliphatic rings. The first-order valence-electron chi connectivity index (χ1n) is 16.2. The number of imide groups is 1. The van der Waals surface area contributed by atoms with E-state index in [1.807, 2.05) is 0 Å². The predicted octanol–water partition coefficient (Wildman–Crippen LogP) is 5.36. The second kappa shape index (κ2) is 14.6. The molecule has 6 rings (SSSR count). The van der Waals surface area contributed by atoms with Crippen molar-refractivity contribution < 1.29 is 50.5 Å². The van der Waals surface area contributed by atoms with Crippen LogP contribution in [0.3, 0.4) is 0 Å². The van der Waals surface area contributed by atoms with E-state index in [2.05, 4.69) is 24.9 Å². The third-order valence-corrected chi connectivity index (χ3v) is 8.26. The number of halogens is 7. The molecule has 55 heavy (non-hydrogen) atoms. The molecule has 2 aromatic carbocycles. The number of carbonyl (C=O) groups is 2. The van der Waals surface area contributed by atoms with E-state index in [-0.39, 0.29) is 39.2 Å². The minimum absolute atomic E-state index is 0.0337. The van der Waals surface area contributed by atoms with Crippen LogP contribution in [0.1, 0.15) is 59.2 Å². The zero-order chi connectivity index (χ0) is 40.0. The summed E-state index contributed by atoms with van der Waals surface area (Å²) in [6.45, 7) is 2.59. The van der Waals surface area contributed by atoms with Gasteiger partial charge in [-0.2, -0.15) is 17.9 Å². The number of hydrogen-bond donors (Lipinski definition) is 1. The lowest BCUT2D eigenvalue weighted by Gasteiger charge is -2.29. The summed E-state index contributed by atoms with van der Waals surface area (Å²) >= 11 is 5.97. The number of nitrogens with zero attached hydrogens (tertiary/aromatic N) is 8. The number of aromatic nitrogens is 7. The first-order valence-corrected chi connectivity index (χ1v) is 16.6. The molecule has 0 aliphatic carbocycles. The minimum atomic E-state index is -5.21. The number of rotatable bonds is 11. The van der Waals surface area contributed by atoms with E-state index < -0.39 is 79.1 Å². The monoisotopic (exact) mass is 794 g/mol. The Labute approximate surface area is 311 Å². The topological polar surface area (TPSA) is 159 Å². The highest BCUT2D eigenvalue weighted by Crippen LogP contribution is 2.35. The number of ether oxygens (including phenoxy) is 2. The van der Waals surface area contributed by atoms with E-state index in [4.69, 9.17) is 16.3 Å². The molecule has 2 atom stereocenters. The summed E-state index contributed by atoms with van der Waals surface area (Å²) in [6.07, 6.45) is -12.2. The predicted molar refractivity (Wildman–Crippen MR) is 179 cm³/mol. The highest BCUT2D eigenvalue weighted by Gasteiger charge is 2.44. The number of aliphatic hydroxyl groups excluding tert-OH is 1. The van der Waals surface area contributed by atoms with Gasteiger partial charge in [-0.05, 0) is 69.3 Å². The summed E-state index contributed by atoms with van der Waals surface area (Å²) in [5, 5.41) is 18.6. The lowest BCUT2D eigenvalue weighted by molar-refractivity contribution is -0.274. The molecular formula is C34H29ClF6N8O6. The molecule has 3 aromatic heterocycles. The first-order chi connectivity index (χ1) is 25.7. The van der Waals surface area contributed by atoms with E-state index in [9.17, 15) is 45.8 Å². The number of pyridine rings is 1. The summed E-state index contributed by atoms with van der Waals surface area (Å²) in [4.78, 5) is 50.5. The van der Waals surface area contributed by atoms with Crippen molar-refractivity contribution in [3.8, 4) is 23.0 Å². The largest absolute Gasteiger partial charge is 0.573 e. The van der Waals surface area contributed by atoms with Gasteiger partial charge in [-0.25, -0.2) is 19.4 Å². The lowest BCUT2D eigenvalue weighted by Crippen LogP contribution is -2.39. The number of hydrogen-bond acceptors (Lipinski definition) is 10. The fraction of sp³-hybridized carbons (Fsp3) is 0.324. The van der Waals surface area contributed by atoms with Crippen molar-refractivity contribution in [1.29, 1.82) is 0 Å². The number of fused-ring (bicyclic) bond motifs is 1. The summed E-state index contributed by atoms with van der Waals surface area (Å²) in [6, 6.07) is 12.0. The van der Waals surface area contributed by atoms with Crippen molar-refractivity contribution in [3.63, 3.8) is 0 Å². The smallest absolute Gasteiger partial charge is 0.402 e. The molecule has 14 nitrogen and oxygen atoms in total. The first kappa shape index (κ1) is 39.1. The zero-order valence-electron chi connectivity index (χ0n) is 28.8. The molecule has 0 spiro atoms. The van der Waals surface area contributed by atoms with Crippen LogP contribution >= 0.6 is 11.6 Å². The molecule has 0 saturated carbocycles. The van der Waals surface area contributed by atoms with Crippen molar-refractivity contribution in [1.82, 2.24) is 39.0 Å². The summed E-state index contributed by atoms with van der Waals surface area (Å²) in [5.74, 6) is -4.07. The molecule has 290 valence electrons. The highest BCUT2D eigenvalue weighted by atomic mass is 35.5. The number of alkyl halides is 6. The molecule has 0 bridgehead atoms. The molecule has 4 heterocycles. The zero-order valence-corrected chi connectivity index (χ0v) is 29.6. The lowest BCUT2D eigenvalue weighted by atomic mass is 10.1. The normalized spacial score (nSPS) is 14.7. The molecule has 1 aliphatic heterocycles. The summed E-state index contributed by atoms with van der Waals surface area (Å²) in [7, 11) is 0. The van der Waals surface area contributed by atoms with Gasteiger partial charge < -0.3 is 14.6 Å². The van der Waals surface area contributed by atoms with Crippen molar-refractivity contribution in [2.45, 2.75) is 64.1 Å². The fourth-order valence-electron chi connectivity index (χ4n) is 5.57. The van der Waals surface area contributed by atoms with Crippen LogP contribution in [0.15, 0.2) is 71.7 Å². The Balaban J connectivity index is 1.53. The van der Waals surface area contributed by atoms with Gasteiger partial charge >= 0.3 is 18.2 Å². The van der Waals surface area contributed by atoms with Crippen molar-refractivity contribution >= 4 is 23.4 Å². The average molecular weight is 795 g/mol. The van der Waals surface area contributed by atoms with Crippen LogP contribution in [-0.2, 0) is 17.8 Å². The summed E-state index contributed by atoms with van der Waals surface area (Å²) < 4.78 is 93.4. The number of benzene rings is 2. The van der Waals surface area contributed by atoms with Crippen molar-refractivity contribution in [3.05, 3.63) is 105 Å². The Bertz CT molecular complexity index is 2260. The van der Waals surface area contributed by atoms with Gasteiger partial charge in [-0.1, -0.05) is 23.7 Å². The quantitative estimate of drug-likeness (QED) is 0.136. The van der Waals surface area contributed by atoms with Crippen LogP contribution in [0.2, 0.25) is 5.02 Å². The Kier molecular flexibility index (Phi) is 10.4. The van der Waals surface area contributed by atoms with Gasteiger partial charge in [-0.3, -0.25) is 19.1 Å². The van der Waals surface area contributed by atoms with Crippen molar-refractivity contribution in [2.75, 3.05) is 6.61 Å². The molecule has 2 amide bonds. The van der Waals surface area contributed by atoms with Gasteiger partial charge in [0.15, 0.2) is 35.1 Å². The standard InChI is InChI=1S/C34H29ClF6N8O6/c1-32(2,3)54-17-22(48-29(51)20-7-4-5-8-21(20)30(48)52)27-43-25(44-49(27)28-23(9-6-14-42-28)55-34(39,40)41)16-47-31(53)46(15-24(50)33(36,37)38)26(45-47)18-10-12-19(35)13-11-18/h4-14,22,24,50H,15-17H2,1-3H3/t22-,24+/m1/s1. The maximum absolute atomic E-state index is 13.8. The van der Waals surface area contributed by atoms with Gasteiger partial charge in [0.05, 0.1) is 29.9 Å². The van der Waals surface area contributed by atoms with E-state index >= 15 is 0 Å². The van der Waals surface area contributed by atoms with Crippen LogP contribution in [0.4, 0.5) is 26.3 Å². The number of aliphatic hydroxyl groups is 1. The van der Waals surface area contributed by atoms with Crippen LogP contribution < -0.4 is 10.4 Å². The van der Waals surface area contributed by atoms with E-state index in [0.717, 1.165) is 27.9 Å². The Hall–Kier alpha value is -5.60. The van der Waals surface area contributed by atoms with E-state index in [1.165, 1.54) is 48.5 Å². The SMILES string of the molecule is CC(C)(C)OC[C@H](c1nc(Cn2nc(-c3ccc(Cl)cc3)n(C[C@H](O)C(F)(F)F)c2=O)nn1-c1ncccc1OC(F)(F)F)N1C(=O)c2ccccc2C1=O. The minimum Gasteiger partial charge on any atom is -0.402 e. The number of amides is 2. The van der Waals surface area contributed by atoms with Crippen LogP contribution in [0, 0.1) is 0 Å².